The largest absolute Gasteiger partial charge is 0.333 e. The molecule has 0 unspecified atom stereocenters. The molecule has 2 heterocycles. The summed E-state index contributed by atoms with van der Waals surface area (Å²) in [6.45, 7) is 6.26. The summed E-state index contributed by atoms with van der Waals surface area (Å²) < 4.78 is 0. The number of hydrogen-bond acceptors (Lipinski definition) is 4. The highest BCUT2D eigenvalue weighted by Crippen LogP contribution is 2.24. The zero-order valence-electron chi connectivity index (χ0n) is 16.3. The van der Waals surface area contributed by atoms with Gasteiger partial charge in [-0.15, -0.1) is 0 Å². The lowest BCUT2D eigenvalue weighted by atomic mass is 10.00. The minimum Gasteiger partial charge on any atom is -0.333 e. The van der Waals surface area contributed by atoms with Gasteiger partial charge in [-0.2, -0.15) is 0 Å². The van der Waals surface area contributed by atoms with Crippen molar-refractivity contribution in [2.75, 3.05) is 18.0 Å². The maximum Gasteiger partial charge on any atom is 0.274 e. The third kappa shape index (κ3) is 3.60. The van der Waals surface area contributed by atoms with Crippen LogP contribution < -0.4 is 4.90 Å². The van der Waals surface area contributed by atoms with Gasteiger partial charge in [0, 0.05) is 25.3 Å². The van der Waals surface area contributed by atoms with E-state index in [0.29, 0.717) is 18.8 Å². The van der Waals surface area contributed by atoms with E-state index in [-0.39, 0.29) is 5.91 Å². The minimum atomic E-state index is -0.0628. The van der Waals surface area contributed by atoms with Crippen LogP contribution in [-0.4, -0.2) is 33.9 Å². The van der Waals surface area contributed by atoms with E-state index in [1.54, 1.807) is 12.4 Å². The summed E-state index contributed by atoms with van der Waals surface area (Å²) in [6.07, 6.45) is 4.16. The fourth-order valence-electron chi connectivity index (χ4n) is 3.67. The molecule has 28 heavy (non-hydrogen) atoms. The Morgan fingerprint density at radius 3 is 2.61 bits per heavy atom. The van der Waals surface area contributed by atoms with Gasteiger partial charge in [0.1, 0.15) is 5.69 Å². The van der Waals surface area contributed by atoms with Crippen molar-refractivity contribution in [3.63, 3.8) is 0 Å². The SMILES string of the molecule is CCN(c1cccc(C)c1)c1cnc(C(=O)N2CCc3ccccc3C2)cn1. The molecule has 1 aromatic heterocycles. The second-order valence-corrected chi connectivity index (χ2v) is 7.09. The Bertz CT molecular complexity index is 984. The standard InChI is InChI=1S/C23H24N4O/c1-3-27(20-10-6-7-17(2)13-20)22-15-24-21(14-25-22)23(28)26-12-11-18-8-4-5-9-19(18)16-26/h4-10,13-15H,3,11-12,16H2,1-2H3. The Labute approximate surface area is 165 Å². The molecule has 5 heteroatoms. The lowest BCUT2D eigenvalue weighted by molar-refractivity contribution is 0.0728. The van der Waals surface area contributed by atoms with Crippen LogP contribution in [0, 0.1) is 6.92 Å². The molecule has 0 spiro atoms. The first-order valence-corrected chi connectivity index (χ1v) is 9.68. The number of carbonyl (C=O) groups is 1. The van der Waals surface area contributed by atoms with E-state index in [2.05, 4.69) is 59.0 Å². The summed E-state index contributed by atoms with van der Waals surface area (Å²) in [5, 5.41) is 0. The number of fused-ring (bicyclic) bond motifs is 1. The fourth-order valence-corrected chi connectivity index (χ4v) is 3.67. The van der Waals surface area contributed by atoms with Crippen LogP contribution in [0.4, 0.5) is 11.5 Å². The summed E-state index contributed by atoms with van der Waals surface area (Å²) in [6, 6.07) is 16.6. The number of anilines is 2. The molecule has 0 radical (unpaired) electrons. The van der Waals surface area contributed by atoms with Gasteiger partial charge in [0.25, 0.3) is 5.91 Å². The molecule has 4 rings (SSSR count). The third-order valence-electron chi connectivity index (χ3n) is 5.18. The van der Waals surface area contributed by atoms with Crippen LogP contribution >= 0.6 is 0 Å². The Kier molecular flexibility index (Phi) is 5.06. The van der Waals surface area contributed by atoms with Crippen molar-refractivity contribution in [2.24, 2.45) is 0 Å². The van der Waals surface area contributed by atoms with Crippen molar-refractivity contribution in [2.45, 2.75) is 26.8 Å². The van der Waals surface area contributed by atoms with Gasteiger partial charge >= 0.3 is 0 Å². The zero-order valence-corrected chi connectivity index (χ0v) is 16.3. The number of amides is 1. The molecule has 2 aromatic carbocycles. The van der Waals surface area contributed by atoms with Crippen LogP contribution in [0.3, 0.4) is 0 Å². The highest BCUT2D eigenvalue weighted by molar-refractivity contribution is 5.92. The minimum absolute atomic E-state index is 0.0628. The number of nitrogens with zero attached hydrogens (tertiary/aromatic N) is 4. The summed E-state index contributed by atoms with van der Waals surface area (Å²) in [4.78, 5) is 25.8. The van der Waals surface area contributed by atoms with E-state index < -0.39 is 0 Å². The van der Waals surface area contributed by atoms with E-state index in [1.165, 1.54) is 16.7 Å². The van der Waals surface area contributed by atoms with Gasteiger partial charge in [-0.05, 0) is 49.1 Å². The third-order valence-corrected chi connectivity index (χ3v) is 5.18. The molecule has 1 aliphatic rings. The van der Waals surface area contributed by atoms with Gasteiger partial charge in [0.15, 0.2) is 5.82 Å². The highest BCUT2D eigenvalue weighted by Gasteiger charge is 2.23. The highest BCUT2D eigenvalue weighted by atomic mass is 16.2. The number of benzene rings is 2. The van der Waals surface area contributed by atoms with Crippen molar-refractivity contribution in [3.05, 3.63) is 83.3 Å². The molecule has 0 saturated carbocycles. The van der Waals surface area contributed by atoms with Crippen LogP contribution in [0.5, 0.6) is 0 Å². The van der Waals surface area contributed by atoms with E-state index in [1.807, 2.05) is 23.1 Å². The number of aryl methyl sites for hydroxylation is 1. The molecule has 0 saturated heterocycles. The average Bonchev–Trinajstić information content (AvgIpc) is 2.74. The predicted molar refractivity (Wildman–Crippen MR) is 111 cm³/mol. The molecule has 1 amide bonds. The molecule has 142 valence electrons. The van der Waals surface area contributed by atoms with E-state index in [9.17, 15) is 4.79 Å². The second-order valence-electron chi connectivity index (χ2n) is 7.09. The molecule has 0 N–H and O–H groups in total. The summed E-state index contributed by atoms with van der Waals surface area (Å²) in [7, 11) is 0. The second kappa shape index (κ2) is 7.80. The zero-order chi connectivity index (χ0) is 19.5. The van der Waals surface area contributed by atoms with Crippen molar-refractivity contribution in [3.8, 4) is 0 Å². The van der Waals surface area contributed by atoms with Gasteiger partial charge in [0.05, 0.1) is 12.4 Å². The number of aromatic nitrogens is 2. The smallest absolute Gasteiger partial charge is 0.274 e. The van der Waals surface area contributed by atoms with Crippen molar-refractivity contribution < 1.29 is 4.79 Å². The maximum absolute atomic E-state index is 12.9. The summed E-state index contributed by atoms with van der Waals surface area (Å²) >= 11 is 0. The predicted octanol–water partition coefficient (Wildman–Crippen LogP) is 4.14. The topological polar surface area (TPSA) is 49.3 Å². The Morgan fingerprint density at radius 1 is 1.07 bits per heavy atom. The quantitative estimate of drug-likeness (QED) is 0.691. The average molecular weight is 372 g/mol. The van der Waals surface area contributed by atoms with Crippen LogP contribution in [0.15, 0.2) is 60.9 Å². The lowest BCUT2D eigenvalue weighted by Crippen LogP contribution is -2.36. The molecule has 0 atom stereocenters. The van der Waals surface area contributed by atoms with E-state index in [0.717, 1.165) is 24.5 Å². The van der Waals surface area contributed by atoms with Crippen molar-refractivity contribution >= 4 is 17.4 Å². The lowest BCUT2D eigenvalue weighted by Gasteiger charge is -2.28. The molecule has 0 aliphatic carbocycles. The van der Waals surface area contributed by atoms with E-state index >= 15 is 0 Å². The normalized spacial score (nSPS) is 13.1. The van der Waals surface area contributed by atoms with Gasteiger partial charge in [0.2, 0.25) is 0 Å². The first-order chi connectivity index (χ1) is 13.7. The van der Waals surface area contributed by atoms with Crippen LogP contribution in [-0.2, 0) is 13.0 Å². The van der Waals surface area contributed by atoms with Crippen LogP contribution in [0.2, 0.25) is 0 Å². The van der Waals surface area contributed by atoms with Crippen molar-refractivity contribution in [1.29, 1.82) is 0 Å². The van der Waals surface area contributed by atoms with E-state index in [4.69, 9.17) is 0 Å². The summed E-state index contributed by atoms with van der Waals surface area (Å²) in [5.74, 6) is 0.681. The number of carbonyl (C=O) groups excluding carboxylic acids is 1. The number of rotatable bonds is 4. The van der Waals surface area contributed by atoms with Gasteiger partial charge < -0.3 is 9.80 Å². The first-order valence-electron chi connectivity index (χ1n) is 9.68. The van der Waals surface area contributed by atoms with Crippen molar-refractivity contribution in [1.82, 2.24) is 14.9 Å². The molecule has 0 fully saturated rings. The first kappa shape index (κ1) is 18.2. The Hall–Kier alpha value is -3.21. The van der Waals surface area contributed by atoms with Gasteiger partial charge in [-0.3, -0.25) is 4.79 Å². The monoisotopic (exact) mass is 372 g/mol. The summed E-state index contributed by atoms with van der Waals surface area (Å²) in [5.41, 5.74) is 5.20. The molecule has 5 nitrogen and oxygen atoms in total. The van der Waals surface area contributed by atoms with Gasteiger partial charge in [-0.25, -0.2) is 9.97 Å². The molecular formula is C23H24N4O. The Morgan fingerprint density at radius 2 is 1.89 bits per heavy atom. The molecule has 3 aromatic rings. The molecular weight excluding hydrogens is 348 g/mol. The van der Waals surface area contributed by atoms with Crippen LogP contribution in [0.1, 0.15) is 34.1 Å². The maximum atomic E-state index is 12.9. The van der Waals surface area contributed by atoms with Gasteiger partial charge in [-0.1, -0.05) is 36.4 Å². The molecule has 1 aliphatic heterocycles. The Balaban J connectivity index is 1.52. The number of hydrogen-bond donors (Lipinski definition) is 0. The van der Waals surface area contributed by atoms with Crippen LogP contribution in [0.25, 0.3) is 0 Å². The molecule has 0 bridgehead atoms. The fraction of sp³-hybridized carbons (Fsp3) is 0.261.